The molecule has 2 heterocycles. The van der Waals surface area contributed by atoms with Crippen molar-refractivity contribution in [2.24, 2.45) is 5.41 Å². The number of hydrogen-bond donors (Lipinski definition) is 3. The molecule has 2 aromatic rings. The predicted molar refractivity (Wildman–Crippen MR) is 77.2 cm³/mol. The minimum atomic E-state index is -0.348. The molecule has 4 N–H and O–H groups in total. The third-order valence-corrected chi connectivity index (χ3v) is 3.99. The molecule has 0 bridgehead atoms. The number of fused-ring (bicyclic) bond motifs is 1. The van der Waals surface area contributed by atoms with Gasteiger partial charge in [-0.2, -0.15) is 0 Å². The average molecular weight is 279 g/mol. The molecule has 0 atom stereocenters. The molecular formula is C13H17N3O2S. The summed E-state index contributed by atoms with van der Waals surface area (Å²) in [6.45, 7) is 4.16. The van der Waals surface area contributed by atoms with Crippen LogP contribution in [0.4, 0.5) is 5.69 Å². The van der Waals surface area contributed by atoms with Crippen LogP contribution in [0.25, 0.3) is 10.2 Å². The number of nitrogen functional groups attached to an aromatic ring is 1. The smallest absolute Gasteiger partial charge is 0.263 e. The van der Waals surface area contributed by atoms with Crippen molar-refractivity contribution in [1.29, 1.82) is 0 Å². The molecule has 19 heavy (non-hydrogen) atoms. The van der Waals surface area contributed by atoms with Crippen LogP contribution in [0.3, 0.4) is 0 Å². The van der Waals surface area contributed by atoms with Gasteiger partial charge in [0, 0.05) is 30.1 Å². The highest BCUT2D eigenvalue weighted by Gasteiger charge is 2.21. The Hall–Kier alpha value is -1.66. The molecule has 102 valence electrons. The van der Waals surface area contributed by atoms with E-state index in [1.165, 1.54) is 11.3 Å². The maximum atomic E-state index is 12.1. The van der Waals surface area contributed by atoms with E-state index >= 15 is 0 Å². The molecule has 0 spiro atoms. The fourth-order valence-electron chi connectivity index (χ4n) is 1.58. The maximum Gasteiger partial charge on any atom is 0.263 e. The van der Waals surface area contributed by atoms with Gasteiger partial charge in [0.15, 0.2) is 0 Å². The zero-order valence-electron chi connectivity index (χ0n) is 10.9. The zero-order chi connectivity index (χ0) is 14.0. The Balaban J connectivity index is 2.20. The summed E-state index contributed by atoms with van der Waals surface area (Å²) in [4.78, 5) is 17.5. The molecule has 0 radical (unpaired) electrons. The summed E-state index contributed by atoms with van der Waals surface area (Å²) >= 11 is 1.28. The van der Waals surface area contributed by atoms with Crippen LogP contribution in [0.15, 0.2) is 18.3 Å². The summed E-state index contributed by atoms with van der Waals surface area (Å²) in [5, 5.41) is 12.8. The normalized spacial score (nSPS) is 11.7. The van der Waals surface area contributed by atoms with E-state index in [9.17, 15) is 4.79 Å². The van der Waals surface area contributed by atoms with Crippen molar-refractivity contribution in [3.63, 3.8) is 0 Å². The first-order valence-corrected chi connectivity index (χ1v) is 6.78. The Bertz CT molecular complexity index is 607. The molecule has 0 fully saturated rings. The zero-order valence-corrected chi connectivity index (χ0v) is 11.8. The SMILES string of the molecule is CC(C)(CO)CNC(=O)c1sc2ncccc2c1N. The van der Waals surface area contributed by atoms with Gasteiger partial charge in [-0.15, -0.1) is 11.3 Å². The fraction of sp³-hybridized carbons (Fsp3) is 0.385. The van der Waals surface area contributed by atoms with Gasteiger partial charge in [0.2, 0.25) is 0 Å². The van der Waals surface area contributed by atoms with Gasteiger partial charge in [0.1, 0.15) is 9.71 Å². The van der Waals surface area contributed by atoms with Gasteiger partial charge < -0.3 is 16.2 Å². The predicted octanol–water partition coefficient (Wildman–Crippen LogP) is 1.63. The molecule has 0 aromatic carbocycles. The Labute approximate surface area is 115 Å². The summed E-state index contributed by atoms with van der Waals surface area (Å²) in [7, 11) is 0. The fourth-order valence-corrected chi connectivity index (χ4v) is 2.56. The van der Waals surface area contributed by atoms with E-state index in [0.717, 1.165) is 10.2 Å². The highest BCUT2D eigenvalue weighted by atomic mass is 32.1. The minimum Gasteiger partial charge on any atom is -0.397 e. The summed E-state index contributed by atoms with van der Waals surface area (Å²) in [5.74, 6) is -0.220. The van der Waals surface area contributed by atoms with Crippen LogP contribution >= 0.6 is 11.3 Å². The van der Waals surface area contributed by atoms with E-state index in [-0.39, 0.29) is 17.9 Å². The Morgan fingerprint density at radius 2 is 2.32 bits per heavy atom. The number of carbonyl (C=O) groups excluding carboxylic acids is 1. The quantitative estimate of drug-likeness (QED) is 0.793. The largest absolute Gasteiger partial charge is 0.397 e. The van der Waals surface area contributed by atoms with Crippen molar-refractivity contribution in [2.45, 2.75) is 13.8 Å². The molecule has 5 nitrogen and oxygen atoms in total. The van der Waals surface area contributed by atoms with E-state index in [0.29, 0.717) is 17.1 Å². The van der Waals surface area contributed by atoms with Gasteiger partial charge in [0.25, 0.3) is 5.91 Å². The van der Waals surface area contributed by atoms with Gasteiger partial charge in [-0.25, -0.2) is 4.98 Å². The Morgan fingerprint density at radius 1 is 1.58 bits per heavy atom. The van der Waals surface area contributed by atoms with Crippen LogP contribution in [0, 0.1) is 5.41 Å². The topological polar surface area (TPSA) is 88.2 Å². The number of thiophene rings is 1. The second-order valence-electron chi connectivity index (χ2n) is 5.21. The summed E-state index contributed by atoms with van der Waals surface area (Å²) in [6, 6.07) is 3.64. The Morgan fingerprint density at radius 3 is 2.95 bits per heavy atom. The molecule has 6 heteroatoms. The average Bonchev–Trinajstić information content (AvgIpc) is 2.74. The first-order chi connectivity index (χ1) is 8.94. The molecule has 0 aliphatic rings. The minimum absolute atomic E-state index is 0.0106. The summed E-state index contributed by atoms with van der Waals surface area (Å²) < 4.78 is 0. The molecule has 0 unspecified atom stereocenters. The summed E-state index contributed by atoms with van der Waals surface area (Å²) in [6.07, 6.45) is 1.68. The third kappa shape index (κ3) is 2.85. The summed E-state index contributed by atoms with van der Waals surface area (Å²) in [5.41, 5.74) is 6.09. The maximum absolute atomic E-state index is 12.1. The van der Waals surface area contributed by atoms with Crippen molar-refractivity contribution in [3.05, 3.63) is 23.2 Å². The monoisotopic (exact) mass is 279 g/mol. The molecule has 2 aromatic heterocycles. The number of nitrogens with one attached hydrogen (secondary N) is 1. The lowest BCUT2D eigenvalue weighted by Crippen LogP contribution is -2.35. The van der Waals surface area contributed by atoms with Crippen LogP contribution in [0.1, 0.15) is 23.5 Å². The van der Waals surface area contributed by atoms with Crippen molar-refractivity contribution in [2.75, 3.05) is 18.9 Å². The van der Waals surface area contributed by atoms with E-state index in [2.05, 4.69) is 10.3 Å². The van der Waals surface area contributed by atoms with Gasteiger partial charge in [0.05, 0.1) is 5.69 Å². The molecule has 2 rings (SSSR count). The van der Waals surface area contributed by atoms with Crippen molar-refractivity contribution in [1.82, 2.24) is 10.3 Å². The van der Waals surface area contributed by atoms with Crippen LogP contribution in [0.2, 0.25) is 0 Å². The van der Waals surface area contributed by atoms with Crippen LogP contribution in [-0.4, -0.2) is 29.1 Å². The molecule has 1 amide bonds. The van der Waals surface area contributed by atoms with E-state index in [1.54, 1.807) is 12.3 Å². The van der Waals surface area contributed by atoms with Gasteiger partial charge in [-0.3, -0.25) is 4.79 Å². The van der Waals surface area contributed by atoms with Crippen LogP contribution in [-0.2, 0) is 0 Å². The number of aliphatic hydroxyl groups is 1. The second kappa shape index (κ2) is 5.14. The van der Waals surface area contributed by atoms with Crippen molar-refractivity contribution < 1.29 is 9.90 Å². The number of carbonyl (C=O) groups is 1. The second-order valence-corrected chi connectivity index (χ2v) is 6.21. The lowest BCUT2D eigenvalue weighted by molar-refractivity contribution is 0.0916. The number of amides is 1. The van der Waals surface area contributed by atoms with Crippen molar-refractivity contribution in [3.8, 4) is 0 Å². The number of aromatic nitrogens is 1. The number of nitrogens with two attached hydrogens (primary N) is 1. The molecule has 0 aliphatic carbocycles. The van der Waals surface area contributed by atoms with E-state index < -0.39 is 0 Å². The highest BCUT2D eigenvalue weighted by Crippen LogP contribution is 2.31. The number of anilines is 1. The number of hydrogen-bond acceptors (Lipinski definition) is 5. The molecular weight excluding hydrogens is 262 g/mol. The highest BCUT2D eigenvalue weighted by molar-refractivity contribution is 7.21. The Kier molecular flexibility index (Phi) is 3.73. The number of nitrogens with zero attached hydrogens (tertiary/aromatic N) is 1. The molecule has 0 saturated carbocycles. The van der Waals surface area contributed by atoms with Crippen LogP contribution in [0.5, 0.6) is 0 Å². The lowest BCUT2D eigenvalue weighted by Gasteiger charge is -2.21. The first kappa shape index (κ1) is 13.8. The number of aliphatic hydroxyl groups excluding tert-OH is 1. The van der Waals surface area contributed by atoms with Gasteiger partial charge >= 0.3 is 0 Å². The first-order valence-electron chi connectivity index (χ1n) is 5.97. The van der Waals surface area contributed by atoms with E-state index in [1.807, 2.05) is 19.9 Å². The van der Waals surface area contributed by atoms with Crippen LogP contribution < -0.4 is 11.1 Å². The molecule has 0 saturated heterocycles. The number of pyridine rings is 1. The lowest BCUT2D eigenvalue weighted by atomic mass is 9.95. The van der Waals surface area contributed by atoms with Crippen molar-refractivity contribution >= 4 is 33.1 Å². The standard InChI is InChI=1S/C13H17N3O2S/c1-13(2,7-17)6-16-11(18)10-9(14)8-4-3-5-15-12(8)19-10/h3-5,17H,6-7,14H2,1-2H3,(H,16,18). The van der Waals surface area contributed by atoms with Gasteiger partial charge in [-0.05, 0) is 12.1 Å². The third-order valence-electron chi connectivity index (χ3n) is 2.87. The van der Waals surface area contributed by atoms with E-state index in [4.69, 9.17) is 10.8 Å². The van der Waals surface area contributed by atoms with Gasteiger partial charge in [-0.1, -0.05) is 13.8 Å². The number of rotatable bonds is 4. The molecule has 0 aliphatic heterocycles.